The Morgan fingerprint density at radius 3 is 2.50 bits per heavy atom. The number of hydrogen-bond donors (Lipinski definition) is 1. The summed E-state index contributed by atoms with van der Waals surface area (Å²) in [5, 5.41) is 3.72. The maximum Gasteiger partial charge on any atom is 0.225 e. The Morgan fingerprint density at radius 1 is 1.07 bits per heavy atom. The smallest absolute Gasteiger partial charge is 0.225 e. The number of halogens is 1. The van der Waals surface area contributed by atoms with E-state index < -0.39 is 0 Å². The fraction of sp³-hybridized carbons (Fsp3) is 0.292. The molecule has 3 aromatic rings. The SMILES string of the molecule is CC(=O)Nc1cc(-c2cccc(Cl)c2)ccc1CC1CCN(c2ncccn2)CC1. The first-order valence-electron chi connectivity index (χ1n) is 10.3. The van der Waals surface area contributed by atoms with Gasteiger partial charge in [-0.25, -0.2) is 9.97 Å². The molecule has 5 nitrogen and oxygen atoms in total. The molecule has 30 heavy (non-hydrogen) atoms. The van der Waals surface area contributed by atoms with Crippen LogP contribution in [0.4, 0.5) is 11.6 Å². The Labute approximate surface area is 182 Å². The van der Waals surface area contributed by atoms with E-state index in [9.17, 15) is 4.79 Å². The van der Waals surface area contributed by atoms with E-state index >= 15 is 0 Å². The van der Waals surface area contributed by atoms with E-state index in [-0.39, 0.29) is 5.91 Å². The van der Waals surface area contributed by atoms with Gasteiger partial charge in [0.25, 0.3) is 0 Å². The Balaban J connectivity index is 1.49. The molecule has 0 atom stereocenters. The number of anilines is 2. The van der Waals surface area contributed by atoms with Crippen molar-refractivity contribution < 1.29 is 4.79 Å². The fourth-order valence-corrected chi connectivity index (χ4v) is 4.20. The molecule has 1 amide bonds. The van der Waals surface area contributed by atoms with Crippen molar-refractivity contribution in [2.75, 3.05) is 23.3 Å². The lowest BCUT2D eigenvalue weighted by atomic mass is 9.88. The van der Waals surface area contributed by atoms with Gasteiger partial charge in [-0.1, -0.05) is 35.9 Å². The van der Waals surface area contributed by atoms with Crippen molar-refractivity contribution in [3.05, 3.63) is 71.5 Å². The molecule has 0 aliphatic carbocycles. The lowest BCUT2D eigenvalue weighted by Gasteiger charge is -2.32. The van der Waals surface area contributed by atoms with Crippen molar-refractivity contribution in [1.29, 1.82) is 0 Å². The van der Waals surface area contributed by atoms with Crippen LogP contribution in [-0.4, -0.2) is 29.0 Å². The van der Waals surface area contributed by atoms with Crippen LogP contribution >= 0.6 is 11.6 Å². The molecule has 1 aromatic heterocycles. The van der Waals surface area contributed by atoms with Crippen LogP contribution in [0.1, 0.15) is 25.3 Å². The van der Waals surface area contributed by atoms with Crippen LogP contribution in [-0.2, 0) is 11.2 Å². The van der Waals surface area contributed by atoms with E-state index in [2.05, 4.69) is 38.4 Å². The number of carbonyl (C=O) groups is 1. The van der Waals surface area contributed by atoms with Crippen LogP contribution in [0.2, 0.25) is 5.02 Å². The van der Waals surface area contributed by atoms with Crippen LogP contribution in [0, 0.1) is 5.92 Å². The molecule has 1 N–H and O–H groups in total. The molecule has 4 rings (SSSR count). The van der Waals surface area contributed by atoms with Crippen molar-refractivity contribution in [1.82, 2.24) is 9.97 Å². The second-order valence-electron chi connectivity index (χ2n) is 7.75. The normalized spacial score (nSPS) is 14.5. The molecule has 0 unspecified atom stereocenters. The molecular formula is C24H25ClN4O. The molecule has 1 aliphatic heterocycles. The highest BCUT2D eigenvalue weighted by molar-refractivity contribution is 6.30. The number of amides is 1. The largest absolute Gasteiger partial charge is 0.341 e. The van der Waals surface area contributed by atoms with E-state index in [1.54, 1.807) is 19.3 Å². The number of carbonyl (C=O) groups excluding carboxylic acids is 1. The Bertz CT molecular complexity index is 1020. The Hall–Kier alpha value is -2.92. The summed E-state index contributed by atoms with van der Waals surface area (Å²) in [6, 6.07) is 15.9. The number of nitrogens with one attached hydrogen (secondary N) is 1. The van der Waals surface area contributed by atoms with Gasteiger partial charge in [0.15, 0.2) is 0 Å². The topological polar surface area (TPSA) is 58.1 Å². The maximum atomic E-state index is 11.8. The monoisotopic (exact) mass is 420 g/mol. The summed E-state index contributed by atoms with van der Waals surface area (Å²) in [6.07, 6.45) is 6.67. The van der Waals surface area contributed by atoms with Gasteiger partial charge in [-0.3, -0.25) is 4.79 Å². The summed E-state index contributed by atoms with van der Waals surface area (Å²) >= 11 is 6.15. The molecular weight excluding hydrogens is 396 g/mol. The number of nitrogens with zero attached hydrogens (tertiary/aromatic N) is 3. The molecule has 2 heterocycles. The first-order chi connectivity index (χ1) is 14.6. The number of rotatable bonds is 5. The fourth-order valence-electron chi connectivity index (χ4n) is 4.01. The van der Waals surface area contributed by atoms with Crippen molar-refractivity contribution in [3.8, 4) is 11.1 Å². The predicted octanol–water partition coefficient (Wildman–Crippen LogP) is 5.21. The average molecular weight is 421 g/mol. The van der Waals surface area contributed by atoms with Crippen LogP contribution < -0.4 is 10.2 Å². The number of aromatic nitrogens is 2. The zero-order chi connectivity index (χ0) is 20.9. The summed E-state index contributed by atoms with van der Waals surface area (Å²) < 4.78 is 0. The van der Waals surface area contributed by atoms with Crippen LogP contribution in [0.15, 0.2) is 60.9 Å². The van der Waals surface area contributed by atoms with E-state index in [4.69, 9.17) is 11.6 Å². The minimum absolute atomic E-state index is 0.0597. The van der Waals surface area contributed by atoms with Gasteiger partial charge in [-0.2, -0.15) is 0 Å². The van der Waals surface area contributed by atoms with Gasteiger partial charge in [0.2, 0.25) is 11.9 Å². The molecule has 1 aliphatic rings. The number of hydrogen-bond acceptors (Lipinski definition) is 4. The van der Waals surface area contributed by atoms with E-state index in [1.165, 1.54) is 5.56 Å². The third-order valence-corrected chi connectivity index (χ3v) is 5.77. The molecule has 6 heteroatoms. The highest BCUT2D eigenvalue weighted by atomic mass is 35.5. The Kier molecular flexibility index (Phi) is 6.29. The molecule has 2 aromatic carbocycles. The zero-order valence-electron chi connectivity index (χ0n) is 17.0. The molecule has 0 saturated carbocycles. The van der Waals surface area contributed by atoms with Crippen molar-refractivity contribution >= 4 is 29.1 Å². The molecule has 154 valence electrons. The van der Waals surface area contributed by atoms with E-state index in [0.29, 0.717) is 10.9 Å². The van der Waals surface area contributed by atoms with Crippen LogP contribution in [0.3, 0.4) is 0 Å². The zero-order valence-corrected chi connectivity index (χ0v) is 17.8. The molecule has 1 fully saturated rings. The third kappa shape index (κ3) is 4.97. The van der Waals surface area contributed by atoms with Gasteiger partial charge in [0, 0.05) is 43.1 Å². The van der Waals surface area contributed by atoms with Gasteiger partial charge >= 0.3 is 0 Å². The summed E-state index contributed by atoms with van der Waals surface area (Å²) in [7, 11) is 0. The van der Waals surface area contributed by atoms with Crippen molar-refractivity contribution in [3.63, 3.8) is 0 Å². The van der Waals surface area contributed by atoms with Crippen molar-refractivity contribution in [2.45, 2.75) is 26.2 Å². The van der Waals surface area contributed by atoms with Gasteiger partial charge in [0.05, 0.1) is 0 Å². The van der Waals surface area contributed by atoms with Gasteiger partial charge < -0.3 is 10.2 Å². The second kappa shape index (κ2) is 9.26. The minimum Gasteiger partial charge on any atom is -0.341 e. The lowest BCUT2D eigenvalue weighted by molar-refractivity contribution is -0.114. The second-order valence-corrected chi connectivity index (χ2v) is 8.18. The summed E-state index contributed by atoms with van der Waals surface area (Å²) in [4.78, 5) is 22.8. The molecule has 0 radical (unpaired) electrons. The molecule has 0 bridgehead atoms. The van der Waals surface area contributed by atoms with Crippen molar-refractivity contribution in [2.24, 2.45) is 5.92 Å². The minimum atomic E-state index is -0.0597. The van der Waals surface area contributed by atoms with Crippen LogP contribution in [0.25, 0.3) is 11.1 Å². The first-order valence-corrected chi connectivity index (χ1v) is 10.6. The van der Waals surface area contributed by atoms with E-state index in [0.717, 1.165) is 55.1 Å². The first kappa shape index (κ1) is 20.4. The highest BCUT2D eigenvalue weighted by Crippen LogP contribution is 2.31. The standard InChI is InChI=1S/C24H25ClN4O/c1-17(30)28-23-16-20(19-4-2-5-22(25)15-19)6-7-21(23)14-18-8-12-29(13-9-18)24-26-10-3-11-27-24/h2-7,10-11,15-16,18H,8-9,12-14H2,1H3,(H,28,30). The lowest BCUT2D eigenvalue weighted by Crippen LogP contribution is -2.35. The quantitative estimate of drug-likeness (QED) is 0.615. The maximum absolute atomic E-state index is 11.8. The van der Waals surface area contributed by atoms with E-state index in [1.807, 2.05) is 30.3 Å². The summed E-state index contributed by atoms with van der Waals surface area (Å²) in [6.45, 7) is 3.45. The summed E-state index contributed by atoms with van der Waals surface area (Å²) in [5.41, 5.74) is 4.14. The molecule has 0 spiro atoms. The predicted molar refractivity (Wildman–Crippen MR) is 122 cm³/mol. The average Bonchev–Trinajstić information content (AvgIpc) is 2.76. The van der Waals surface area contributed by atoms with Crippen LogP contribution in [0.5, 0.6) is 0 Å². The number of benzene rings is 2. The molecule has 1 saturated heterocycles. The summed E-state index contributed by atoms with van der Waals surface area (Å²) in [5.74, 6) is 1.31. The van der Waals surface area contributed by atoms with Gasteiger partial charge in [-0.15, -0.1) is 0 Å². The third-order valence-electron chi connectivity index (χ3n) is 5.54. The Morgan fingerprint density at radius 2 is 1.80 bits per heavy atom. The van der Waals surface area contributed by atoms with Gasteiger partial charge in [-0.05, 0) is 66.1 Å². The number of piperidine rings is 1. The van der Waals surface area contributed by atoms with Gasteiger partial charge in [0.1, 0.15) is 0 Å². The highest BCUT2D eigenvalue weighted by Gasteiger charge is 2.22.